The van der Waals surface area contributed by atoms with E-state index in [0.717, 1.165) is 38.5 Å². The third kappa shape index (κ3) is 4.61. The lowest BCUT2D eigenvalue weighted by Gasteiger charge is -2.29. The van der Waals surface area contributed by atoms with E-state index >= 15 is 0 Å². The van der Waals surface area contributed by atoms with Gasteiger partial charge in [-0.3, -0.25) is 4.79 Å². The molecule has 2 fully saturated rings. The molecule has 2 aliphatic rings. The van der Waals surface area contributed by atoms with Crippen molar-refractivity contribution in [3.63, 3.8) is 0 Å². The number of carboxylic acid groups (broad SMARTS) is 1. The van der Waals surface area contributed by atoms with Crippen molar-refractivity contribution < 1.29 is 14.7 Å². The molecule has 3 N–H and O–H groups in total. The SMILES string of the molecule is O=C(NCC1(C(=O)O)CCCCCC1)NC1CCCCC1. The first-order chi connectivity index (χ1) is 10.1. The van der Waals surface area contributed by atoms with E-state index in [1.54, 1.807) is 0 Å². The van der Waals surface area contributed by atoms with Crippen LogP contribution in [-0.2, 0) is 4.79 Å². The predicted molar refractivity (Wildman–Crippen MR) is 81.2 cm³/mol. The van der Waals surface area contributed by atoms with Crippen LogP contribution in [0.5, 0.6) is 0 Å². The van der Waals surface area contributed by atoms with E-state index in [1.165, 1.54) is 19.3 Å². The monoisotopic (exact) mass is 296 g/mol. The number of amides is 2. The van der Waals surface area contributed by atoms with Gasteiger partial charge in [-0.25, -0.2) is 4.79 Å². The maximum Gasteiger partial charge on any atom is 0.315 e. The van der Waals surface area contributed by atoms with Crippen LogP contribution >= 0.6 is 0 Å². The Balaban J connectivity index is 1.83. The zero-order valence-electron chi connectivity index (χ0n) is 12.8. The fourth-order valence-corrected chi connectivity index (χ4v) is 3.60. The summed E-state index contributed by atoms with van der Waals surface area (Å²) in [7, 11) is 0. The molecule has 0 unspecified atom stereocenters. The Labute approximate surface area is 126 Å². The van der Waals surface area contributed by atoms with Gasteiger partial charge in [0.15, 0.2) is 0 Å². The number of aliphatic carboxylic acids is 1. The molecule has 0 spiro atoms. The van der Waals surface area contributed by atoms with Gasteiger partial charge in [-0.2, -0.15) is 0 Å². The lowest BCUT2D eigenvalue weighted by Crippen LogP contribution is -2.48. The number of nitrogens with one attached hydrogen (secondary N) is 2. The van der Waals surface area contributed by atoms with Gasteiger partial charge in [0, 0.05) is 12.6 Å². The highest BCUT2D eigenvalue weighted by Gasteiger charge is 2.38. The van der Waals surface area contributed by atoms with Crippen LogP contribution in [-0.4, -0.2) is 29.7 Å². The van der Waals surface area contributed by atoms with Crippen LogP contribution in [0.2, 0.25) is 0 Å². The van der Waals surface area contributed by atoms with Gasteiger partial charge < -0.3 is 15.7 Å². The minimum absolute atomic E-state index is 0.202. The number of carbonyl (C=O) groups is 2. The molecule has 2 amide bonds. The molecule has 2 aliphatic carbocycles. The summed E-state index contributed by atoms with van der Waals surface area (Å²) >= 11 is 0. The Morgan fingerprint density at radius 2 is 1.52 bits per heavy atom. The summed E-state index contributed by atoms with van der Waals surface area (Å²) in [4.78, 5) is 23.6. The Morgan fingerprint density at radius 3 is 2.10 bits per heavy atom. The van der Waals surface area contributed by atoms with Crippen molar-refractivity contribution >= 4 is 12.0 Å². The van der Waals surface area contributed by atoms with Gasteiger partial charge in [0.25, 0.3) is 0 Å². The van der Waals surface area contributed by atoms with E-state index in [-0.39, 0.29) is 18.6 Å². The van der Waals surface area contributed by atoms with Crippen LogP contribution in [0, 0.1) is 5.41 Å². The minimum Gasteiger partial charge on any atom is -0.481 e. The van der Waals surface area contributed by atoms with Gasteiger partial charge >= 0.3 is 12.0 Å². The Morgan fingerprint density at radius 1 is 0.952 bits per heavy atom. The Bertz CT molecular complexity index is 357. The highest BCUT2D eigenvalue weighted by molar-refractivity contribution is 5.78. The molecule has 21 heavy (non-hydrogen) atoms. The first-order valence-electron chi connectivity index (χ1n) is 8.40. The summed E-state index contributed by atoms with van der Waals surface area (Å²) in [6.45, 7) is 0.251. The van der Waals surface area contributed by atoms with Crippen LogP contribution < -0.4 is 10.6 Å². The summed E-state index contributed by atoms with van der Waals surface area (Å²) in [6, 6.07) is 0.0560. The maximum absolute atomic E-state index is 12.0. The molecule has 5 heteroatoms. The van der Waals surface area contributed by atoms with Crippen LogP contribution in [0.25, 0.3) is 0 Å². The minimum atomic E-state index is -0.763. The molecule has 0 aliphatic heterocycles. The lowest BCUT2D eigenvalue weighted by atomic mass is 9.80. The number of carbonyl (C=O) groups excluding carboxylic acids is 1. The standard InChI is InChI=1S/C16H28N2O3/c19-14(20)16(10-6-1-2-7-11-16)12-17-15(21)18-13-8-4-3-5-9-13/h13H,1-12H2,(H,19,20)(H2,17,18,21). The maximum atomic E-state index is 12.0. The summed E-state index contributed by atoms with van der Waals surface area (Å²) in [5, 5.41) is 15.4. The number of urea groups is 1. The molecule has 0 heterocycles. The average molecular weight is 296 g/mol. The molecule has 2 saturated carbocycles. The molecule has 0 bridgehead atoms. The van der Waals surface area contributed by atoms with E-state index in [4.69, 9.17) is 0 Å². The van der Waals surface area contributed by atoms with E-state index in [0.29, 0.717) is 12.8 Å². The van der Waals surface area contributed by atoms with Crippen molar-refractivity contribution in [3.8, 4) is 0 Å². The summed E-state index contributed by atoms with van der Waals surface area (Å²) in [5.74, 6) is -0.762. The normalized spacial score (nSPS) is 23.0. The van der Waals surface area contributed by atoms with Gasteiger partial charge in [-0.15, -0.1) is 0 Å². The van der Waals surface area contributed by atoms with Gasteiger partial charge in [0.2, 0.25) is 0 Å². The van der Waals surface area contributed by atoms with Gasteiger partial charge in [0.1, 0.15) is 0 Å². The zero-order valence-corrected chi connectivity index (χ0v) is 12.8. The van der Waals surface area contributed by atoms with Crippen LogP contribution in [0.4, 0.5) is 4.79 Å². The molecule has 0 aromatic carbocycles. The van der Waals surface area contributed by atoms with E-state index in [1.807, 2.05) is 0 Å². The van der Waals surface area contributed by atoms with Gasteiger partial charge in [-0.05, 0) is 25.7 Å². The van der Waals surface area contributed by atoms with E-state index < -0.39 is 11.4 Å². The predicted octanol–water partition coefficient (Wildman–Crippen LogP) is 3.04. The van der Waals surface area contributed by atoms with Crippen molar-refractivity contribution in [3.05, 3.63) is 0 Å². The summed E-state index contributed by atoms with van der Waals surface area (Å²) < 4.78 is 0. The molecule has 0 saturated heterocycles. The number of hydrogen-bond acceptors (Lipinski definition) is 2. The fourth-order valence-electron chi connectivity index (χ4n) is 3.60. The largest absolute Gasteiger partial charge is 0.481 e. The highest BCUT2D eigenvalue weighted by Crippen LogP contribution is 2.34. The molecule has 2 rings (SSSR count). The van der Waals surface area contributed by atoms with Crippen molar-refractivity contribution in [2.75, 3.05) is 6.54 Å². The zero-order chi connectivity index (χ0) is 15.1. The first kappa shape index (κ1) is 16.1. The van der Waals surface area contributed by atoms with E-state index in [2.05, 4.69) is 10.6 Å². The number of hydrogen-bond donors (Lipinski definition) is 3. The molecular formula is C16H28N2O3. The molecule has 0 atom stereocenters. The molecule has 120 valence electrons. The van der Waals surface area contributed by atoms with Crippen molar-refractivity contribution in [2.24, 2.45) is 5.41 Å². The third-order valence-electron chi connectivity index (χ3n) is 5.04. The molecule has 0 aromatic heterocycles. The second-order valence-corrected chi connectivity index (χ2v) is 6.66. The first-order valence-corrected chi connectivity index (χ1v) is 8.40. The smallest absolute Gasteiger partial charge is 0.315 e. The number of carboxylic acids is 1. The Kier molecular flexibility index (Phi) is 5.88. The molecule has 5 nitrogen and oxygen atoms in total. The van der Waals surface area contributed by atoms with Crippen molar-refractivity contribution in [2.45, 2.75) is 76.7 Å². The lowest BCUT2D eigenvalue weighted by molar-refractivity contribution is -0.149. The van der Waals surface area contributed by atoms with Crippen molar-refractivity contribution in [1.29, 1.82) is 0 Å². The molecule has 0 aromatic rings. The highest BCUT2D eigenvalue weighted by atomic mass is 16.4. The van der Waals surface area contributed by atoms with Gasteiger partial charge in [0.05, 0.1) is 5.41 Å². The molecular weight excluding hydrogens is 268 g/mol. The molecule has 0 radical (unpaired) electrons. The second-order valence-electron chi connectivity index (χ2n) is 6.66. The summed E-state index contributed by atoms with van der Waals surface area (Å²) in [6.07, 6.45) is 11.1. The topological polar surface area (TPSA) is 78.4 Å². The van der Waals surface area contributed by atoms with Crippen molar-refractivity contribution in [1.82, 2.24) is 10.6 Å². The van der Waals surface area contributed by atoms with Crippen LogP contribution in [0.1, 0.15) is 70.6 Å². The number of rotatable bonds is 4. The second kappa shape index (κ2) is 7.66. The Hall–Kier alpha value is -1.26. The summed E-state index contributed by atoms with van der Waals surface area (Å²) in [5.41, 5.74) is -0.763. The average Bonchev–Trinajstić information content (AvgIpc) is 2.73. The fraction of sp³-hybridized carbons (Fsp3) is 0.875. The van der Waals surface area contributed by atoms with E-state index in [9.17, 15) is 14.7 Å². The van der Waals surface area contributed by atoms with Crippen LogP contribution in [0.3, 0.4) is 0 Å². The quantitative estimate of drug-likeness (QED) is 0.698. The van der Waals surface area contributed by atoms with Gasteiger partial charge in [-0.1, -0.05) is 44.9 Å². The van der Waals surface area contributed by atoms with Crippen LogP contribution in [0.15, 0.2) is 0 Å². The third-order valence-corrected chi connectivity index (χ3v) is 5.04.